The Bertz CT molecular complexity index is 1590. The van der Waals surface area contributed by atoms with E-state index in [-0.39, 0.29) is 23.6 Å². The summed E-state index contributed by atoms with van der Waals surface area (Å²) in [5.74, 6) is -2.49. The van der Waals surface area contributed by atoms with Gasteiger partial charge in [-0.1, -0.05) is 0 Å². The molecule has 0 fully saturated rings. The number of carbonyl (C=O) groups is 2. The van der Waals surface area contributed by atoms with Crippen molar-refractivity contribution in [1.29, 1.82) is 0 Å². The van der Waals surface area contributed by atoms with Gasteiger partial charge in [0.25, 0.3) is 5.91 Å². The molecule has 2 heterocycles. The van der Waals surface area contributed by atoms with Gasteiger partial charge in [0.05, 0.1) is 19.3 Å². The molecule has 3 aromatic rings. The number of rotatable bonds is 6. The molecule has 0 aliphatic carbocycles. The fourth-order valence-electron chi connectivity index (χ4n) is 6.01. The Kier molecular flexibility index (Phi) is 7.74. The molecule has 5 rings (SSSR count). The summed E-state index contributed by atoms with van der Waals surface area (Å²) in [5.41, 5.74) is 4.26. The van der Waals surface area contributed by atoms with E-state index in [0.717, 1.165) is 23.6 Å². The van der Waals surface area contributed by atoms with Gasteiger partial charge >= 0.3 is 5.97 Å². The van der Waals surface area contributed by atoms with E-state index in [0.29, 0.717) is 53.0 Å². The largest absolute Gasteiger partial charge is 0.494 e. The van der Waals surface area contributed by atoms with Gasteiger partial charge < -0.3 is 24.2 Å². The zero-order chi connectivity index (χ0) is 30.5. The van der Waals surface area contributed by atoms with Crippen LogP contribution in [0, 0.1) is 25.5 Å². The first-order chi connectivity index (χ1) is 19.8. The van der Waals surface area contributed by atoms with E-state index in [1.165, 1.54) is 25.3 Å². The van der Waals surface area contributed by atoms with Crippen molar-refractivity contribution in [3.8, 4) is 22.6 Å². The molecule has 222 valence electrons. The monoisotopic (exact) mass is 579 g/mol. The van der Waals surface area contributed by atoms with E-state index < -0.39 is 35.2 Å². The Hall–Kier alpha value is -3.98. The molecule has 0 saturated carbocycles. The second kappa shape index (κ2) is 11.0. The van der Waals surface area contributed by atoms with E-state index in [9.17, 15) is 19.1 Å². The van der Waals surface area contributed by atoms with Gasteiger partial charge in [0.15, 0.2) is 29.2 Å². The number of benzene rings is 3. The van der Waals surface area contributed by atoms with Crippen LogP contribution < -0.4 is 14.4 Å². The van der Waals surface area contributed by atoms with E-state index in [4.69, 9.17) is 14.2 Å². The quantitative estimate of drug-likeness (QED) is 0.349. The van der Waals surface area contributed by atoms with Gasteiger partial charge in [-0.15, -0.1) is 0 Å². The number of halogens is 2. The van der Waals surface area contributed by atoms with Gasteiger partial charge in [0, 0.05) is 28.9 Å². The molecule has 1 atom stereocenters. The summed E-state index contributed by atoms with van der Waals surface area (Å²) in [7, 11) is 1.35. The zero-order valence-electron chi connectivity index (χ0n) is 24.7. The molecule has 3 aromatic carbocycles. The second-order valence-corrected chi connectivity index (χ2v) is 11.8. The number of anilines is 1. The molecule has 0 aromatic heterocycles. The second-order valence-electron chi connectivity index (χ2n) is 11.8. The first kappa shape index (κ1) is 29.5. The SMILES string of the molecule is COc1ccc(C(=O)N2CCc3c2cc(C)c(C(OC(C)(C)C)C(=O)O)c3-c2cc(F)c3c(c2C)CCCO3)cc1F. The van der Waals surface area contributed by atoms with Crippen LogP contribution in [0.25, 0.3) is 11.1 Å². The molecule has 42 heavy (non-hydrogen) atoms. The summed E-state index contributed by atoms with van der Waals surface area (Å²) in [6.07, 6.45) is 0.407. The number of fused-ring (bicyclic) bond motifs is 2. The van der Waals surface area contributed by atoms with E-state index in [1.54, 1.807) is 38.7 Å². The third-order valence-electron chi connectivity index (χ3n) is 7.84. The van der Waals surface area contributed by atoms with Crippen molar-refractivity contribution in [3.05, 3.63) is 75.3 Å². The molecule has 0 saturated heterocycles. The number of ether oxygens (including phenoxy) is 3. The Labute approximate surface area is 244 Å². The maximum Gasteiger partial charge on any atom is 0.337 e. The Morgan fingerprint density at radius 2 is 1.79 bits per heavy atom. The lowest BCUT2D eigenvalue weighted by Gasteiger charge is -2.30. The highest BCUT2D eigenvalue weighted by atomic mass is 19.1. The minimum Gasteiger partial charge on any atom is -0.494 e. The van der Waals surface area contributed by atoms with Crippen molar-refractivity contribution < 1.29 is 37.7 Å². The number of carboxylic acid groups (broad SMARTS) is 1. The number of aliphatic carboxylic acids is 1. The van der Waals surface area contributed by atoms with Gasteiger partial charge in [-0.05, 0) is 112 Å². The lowest BCUT2D eigenvalue weighted by molar-refractivity contribution is -0.160. The number of carboxylic acids is 1. The van der Waals surface area contributed by atoms with Crippen molar-refractivity contribution >= 4 is 17.6 Å². The molecule has 2 aliphatic heterocycles. The number of nitrogens with zero attached hydrogens (tertiary/aromatic N) is 1. The molecule has 7 nitrogen and oxygen atoms in total. The standard InChI is InChI=1S/C33H35F2NO6/c1-17-14-25-21(11-12-36(25)31(37)19-9-10-26(40-6)23(34)15-19)28(27(17)30(32(38)39)42-33(3,4)5)22-16-24(35)29-20(18(22)2)8-7-13-41-29/h9-10,14-16,30H,7-8,11-13H2,1-6H3,(H,38,39). The van der Waals surface area contributed by atoms with Gasteiger partial charge in [0.1, 0.15) is 0 Å². The molecule has 0 bridgehead atoms. The third kappa shape index (κ3) is 5.22. The summed E-state index contributed by atoms with van der Waals surface area (Å²) < 4.78 is 46.8. The van der Waals surface area contributed by atoms with Crippen LogP contribution in [0.5, 0.6) is 11.5 Å². The fourth-order valence-corrected chi connectivity index (χ4v) is 6.01. The summed E-state index contributed by atoms with van der Waals surface area (Å²) in [4.78, 5) is 27.9. The molecule has 0 spiro atoms. The van der Waals surface area contributed by atoms with Crippen molar-refractivity contribution in [2.24, 2.45) is 0 Å². The predicted molar refractivity (Wildman–Crippen MR) is 155 cm³/mol. The molecular weight excluding hydrogens is 544 g/mol. The van der Waals surface area contributed by atoms with E-state index >= 15 is 4.39 Å². The van der Waals surface area contributed by atoms with Crippen LogP contribution >= 0.6 is 0 Å². The highest BCUT2D eigenvalue weighted by molar-refractivity contribution is 6.08. The van der Waals surface area contributed by atoms with Crippen LogP contribution in [0.3, 0.4) is 0 Å². The maximum absolute atomic E-state index is 15.6. The molecule has 1 unspecified atom stereocenters. The summed E-state index contributed by atoms with van der Waals surface area (Å²) >= 11 is 0. The van der Waals surface area contributed by atoms with Gasteiger partial charge in [-0.3, -0.25) is 4.79 Å². The van der Waals surface area contributed by atoms with Crippen LogP contribution in [0.15, 0.2) is 30.3 Å². The van der Waals surface area contributed by atoms with Crippen LogP contribution in [0.1, 0.15) is 71.5 Å². The lowest BCUT2D eigenvalue weighted by Crippen LogP contribution is -2.30. The number of aryl methyl sites for hydroxylation is 1. The summed E-state index contributed by atoms with van der Waals surface area (Å²) in [5, 5.41) is 10.4. The Balaban J connectivity index is 1.75. The van der Waals surface area contributed by atoms with Crippen molar-refractivity contribution in [2.45, 2.75) is 65.6 Å². The number of hydrogen-bond donors (Lipinski definition) is 1. The molecule has 2 aliphatic rings. The molecule has 9 heteroatoms. The van der Waals surface area contributed by atoms with Gasteiger partial charge in [-0.2, -0.15) is 0 Å². The molecular formula is C33H35F2NO6. The van der Waals surface area contributed by atoms with Crippen molar-refractivity contribution in [1.82, 2.24) is 0 Å². The number of methoxy groups -OCH3 is 1. The summed E-state index contributed by atoms with van der Waals surface area (Å²) in [6, 6.07) is 7.22. The predicted octanol–water partition coefficient (Wildman–Crippen LogP) is 6.73. The number of amides is 1. The third-order valence-corrected chi connectivity index (χ3v) is 7.84. The maximum atomic E-state index is 15.6. The highest BCUT2D eigenvalue weighted by Gasteiger charge is 2.37. The summed E-state index contributed by atoms with van der Waals surface area (Å²) in [6.45, 7) is 9.70. The zero-order valence-corrected chi connectivity index (χ0v) is 24.7. The average Bonchev–Trinajstić information content (AvgIpc) is 3.35. The normalized spacial score (nSPS) is 15.1. The number of carbonyl (C=O) groups excluding carboxylic acids is 1. The smallest absolute Gasteiger partial charge is 0.337 e. The Morgan fingerprint density at radius 1 is 1.05 bits per heavy atom. The lowest BCUT2D eigenvalue weighted by atomic mass is 9.83. The topological polar surface area (TPSA) is 85.3 Å². The van der Waals surface area contributed by atoms with Gasteiger partial charge in [-0.25, -0.2) is 13.6 Å². The van der Waals surface area contributed by atoms with Crippen LogP contribution in [-0.2, 0) is 22.4 Å². The van der Waals surface area contributed by atoms with E-state index in [2.05, 4.69) is 0 Å². The van der Waals surface area contributed by atoms with Crippen LogP contribution in [-0.4, -0.2) is 42.8 Å². The van der Waals surface area contributed by atoms with E-state index in [1.807, 2.05) is 6.92 Å². The van der Waals surface area contributed by atoms with Crippen LogP contribution in [0.2, 0.25) is 0 Å². The molecule has 1 N–H and O–H groups in total. The average molecular weight is 580 g/mol. The minimum atomic E-state index is -1.35. The van der Waals surface area contributed by atoms with Gasteiger partial charge in [0.2, 0.25) is 0 Å². The van der Waals surface area contributed by atoms with Crippen LogP contribution in [0.4, 0.5) is 14.5 Å². The highest BCUT2D eigenvalue weighted by Crippen LogP contribution is 2.48. The first-order valence-electron chi connectivity index (χ1n) is 14.0. The van der Waals surface area contributed by atoms with Crippen molar-refractivity contribution in [3.63, 3.8) is 0 Å². The molecule has 1 amide bonds. The Morgan fingerprint density at radius 3 is 2.43 bits per heavy atom. The first-order valence-corrected chi connectivity index (χ1v) is 14.0. The fraction of sp³-hybridized carbons (Fsp3) is 0.394. The minimum absolute atomic E-state index is 0.0311. The molecule has 0 radical (unpaired) electrons. The van der Waals surface area contributed by atoms with Crippen molar-refractivity contribution in [2.75, 3.05) is 25.2 Å². The number of hydrogen-bond acceptors (Lipinski definition) is 5.